The summed E-state index contributed by atoms with van der Waals surface area (Å²) in [6.07, 6.45) is 3.44. The maximum atomic E-state index is 12.7. The monoisotopic (exact) mass is 367 g/mol. The maximum absolute atomic E-state index is 12.7. The van der Waals surface area contributed by atoms with Crippen LogP contribution in [0.2, 0.25) is 0 Å². The zero-order valence-electron chi connectivity index (χ0n) is 16.5. The minimum Gasteiger partial charge on any atom is -0.362 e. The van der Waals surface area contributed by atoms with Crippen molar-refractivity contribution in [2.24, 2.45) is 0 Å². The van der Waals surface area contributed by atoms with Crippen LogP contribution < -0.4 is 0 Å². The first kappa shape index (κ1) is 18.6. The topological polar surface area (TPSA) is 12.5 Å². The molecule has 0 N–H and O–H groups in total. The molecule has 1 spiro atoms. The zero-order valence-corrected chi connectivity index (χ0v) is 16.5. The molecule has 1 saturated heterocycles. The summed E-state index contributed by atoms with van der Waals surface area (Å²) in [6, 6.07) is 15.2. The van der Waals surface area contributed by atoms with E-state index in [0.29, 0.717) is 6.42 Å². The highest BCUT2D eigenvalue weighted by Crippen LogP contribution is 2.50. The van der Waals surface area contributed by atoms with E-state index in [4.69, 9.17) is 4.74 Å². The zero-order chi connectivity index (χ0) is 18.9. The van der Waals surface area contributed by atoms with Gasteiger partial charge in [-0.25, -0.2) is 0 Å². The summed E-state index contributed by atoms with van der Waals surface area (Å²) < 4.78 is 19.3. The van der Waals surface area contributed by atoms with E-state index >= 15 is 0 Å². The van der Waals surface area contributed by atoms with Gasteiger partial charge in [0, 0.05) is 19.6 Å². The van der Waals surface area contributed by atoms with E-state index in [1.807, 2.05) is 0 Å². The Hall–Kier alpha value is -1.71. The van der Waals surface area contributed by atoms with Crippen molar-refractivity contribution in [3.8, 4) is 0 Å². The second-order valence-electron chi connectivity index (χ2n) is 8.17. The van der Waals surface area contributed by atoms with Crippen LogP contribution >= 0.6 is 0 Å². The van der Waals surface area contributed by atoms with Crippen LogP contribution in [0.3, 0.4) is 0 Å². The molecule has 0 amide bonds. The Balaban J connectivity index is 1.48. The van der Waals surface area contributed by atoms with E-state index in [0.717, 1.165) is 38.9 Å². The third-order valence-electron chi connectivity index (χ3n) is 6.46. The molecular formula is C24H30FNO. The molecule has 4 rings (SSSR count). The van der Waals surface area contributed by atoms with E-state index in [2.05, 4.69) is 61.2 Å². The Bertz CT molecular complexity index is 774. The molecule has 0 aliphatic carbocycles. The van der Waals surface area contributed by atoms with Crippen LogP contribution in [0.15, 0.2) is 42.5 Å². The average Bonchev–Trinajstić information content (AvgIpc) is 2.99. The van der Waals surface area contributed by atoms with Crippen molar-refractivity contribution in [2.75, 3.05) is 19.8 Å². The van der Waals surface area contributed by atoms with Crippen molar-refractivity contribution in [1.82, 2.24) is 4.90 Å². The minimum atomic E-state index is -0.265. The van der Waals surface area contributed by atoms with Gasteiger partial charge in [-0.15, -0.1) is 0 Å². The number of halogens is 1. The van der Waals surface area contributed by atoms with Crippen LogP contribution in [-0.4, -0.2) is 24.7 Å². The smallest absolute Gasteiger partial charge is 0.0967 e. The van der Waals surface area contributed by atoms with Gasteiger partial charge >= 0.3 is 0 Å². The largest absolute Gasteiger partial charge is 0.362 e. The van der Waals surface area contributed by atoms with Gasteiger partial charge in [0.15, 0.2) is 0 Å². The molecule has 3 heteroatoms. The van der Waals surface area contributed by atoms with Crippen molar-refractivity contribution in [3.05, 3.63) is 70.3 Å². The summed E-state index contributed by atoms with van der Waals surface area (Å²) in [5.41, 5.74) is 6.68. The van der Waals surface area contributed by atoms with Gasteiger partial charge in [0.1, 0.15) is 0 Å². The van der Waals surface area contributed by atoms with Crippen molar-refractivity contribution in [1.29, 1.82) is 0 Å². The van der Waals surface area contributed by atoms with Gasteiger partial charge in [-0.1, -0.05) is 42.5 Å². The third-order valence-corrected chi connectivity index (χ3v) is 6.46. The number of benzene rings is 2. The van der Waals surface area contributed by atoms with E-state index in [9.17, 15) is 4.39 Å². The van der Waals surface area contributed by atoms with E-state index < -0.39 is 0 Å². The standard InChI is InChI=1S/C24H30FNO/c1-18-7-5-8-19(2)21(18)17-26-15-12-24(13-16-26)22-10-4-3-9-20(22)23(27-24)11-6-14-25/h3-5,7-10,23H,6,11-17H2,1-2H3. The molecule has 0 aromatic heterocycles. The van der Waals surface area contributed by atoms with Crippen molar-refractivity contribution in [2.45, 2.75) is 57.8 Å². The Labute approximate surface area is 162 Å². The van der Waals surface area contributed by atoms with Gasteiger partial charge < -0.3 is 4.74 Å². The van der Waals surface area contributed by atoms with E-state index in [1.165, 1.54) is 27.8 Å². The van der Waals surface area contributed by atoms with Gasteiger partial charge in [-0.05, 0) is 67.3 Å². The van der Waals surface area contributed by atoms with E-state index in [1.54, 1.807) is 0 Å². The highest BCUT2D eigenvalue weighted by atomic mass is 19.1. The number of nitrogens with zero attached hydrogens (tertiary/aromatic N) is 1. The van der Waals surface area contributed by atoms with Crippen LogP contribution in [-0.2, 0) is 16.9 Å². The van der Waals surface area contributed by atoms with Crippen molar-refractivity contribution >= 4 is 0 Å². The number of rotatable bonds is 5. The second-order valence-corrected chi connectivity index (χ2v) is 8.17. The van der Waals surface area contributed by atoms with Crippen LogP contribution in [0, 0.1) is 13.8 Å². The Morgan fingerprint density at radius 2 is 1.74 bits per heavy atom. The first-order valence-electron chi connectivity index (χ1n) is 10.2. The molecule has 2 aliphatic rings. The molecule has 2 aromatic carbocycles. The van der Waals surface area contributed by atoms with Crippen LogP contribution in [0.25, 0.3) is 0 Å². The summed E-state index contributed by atoms with van der Waals surface area (Å²) >= 11 is 0. The van der Waals surface area contributed by atoms with Gasteiger partial charge in [-0.2, -0.15) is 0 Å². The number of ether oxygens (including phenoxy) is 1. The SMILES string of the molecule is Cc1cccc(C)c1CN1CCC2(CC1)OC(CCCF)c1ccccc12. The minimum absolute atomic E-state index is 0.0575. The average molecular weight is 368 g/mol. The van der Waals surface area contributed by atoms with Gasteiger partial charge in [0.2, 0.25) is 0 Å². The Morgan fingerprint density at radius 1 is 1.04 bits per heavy atom. The Morgan fingerprint density at radius 3 is 2.44 bits per heavy atom. The number of hydrogen-bond acceptors (Lipinski definition) is 2. The number of hydrogen-bond donors (Lipinski definition) is 0. The third kappa shape index (κ3) is 3.55. The van der Waals surface area contributed by atoms with Gasteiger partial charge in [0.25, 0.3) is 0 Å². The highest BCUT2D eigenvalue weighted by molar-refractivity contribution is 5.39. The molecule has 2 aromatic rings. The maximum Gasteiger partial charge on any atom is 0.0967 e. The first-order chi connectivity index (χ1) is 13.1. The number of fused-ring (bicyclic) bond motifs is 2. The number of piperidine rings is 1. The molecule has 144 valence electrons. The highest BCUT2D eigenvalue weighted by Gasteiger charge is 2.46. The predicted octanol–water partition coefficient (Wildman–Crippen LogP) is 5.62. The molecule has 2 heterocycles. The first-order valence-corrected chi connectivity index (χ1v) is 10.2. The van der Waals surface area contributed by atoms with Gasteiger partial charge in [-0.3, -0.25) is 9.29 Å². The molecule has 0 bridgehead atoms. The van der Waals surface area contributed by atoms with Gasteiger partial charge in [0.05, 0.1) is 18.4 Å². The molecule has 27 heavy (non-hydrogen) atoms. The Kier molecular flexibility index (Phi) is 5.34. The summed E-state index contributed by atoms with van der Waals surface area (Å²) in [6.45, 7) is 7.25. The van der Waals surface area contributed by atoms with Crippen molar-refractivity contribution < 1.29 is 9.13 Å². The van der Waals surface area contributed by atoms with Crippen LogP contribution in [0.5, 0.6) is 0 Å². The van der Waals surface area contributed by atoms with Crippen LogP contribution in [0.1, 0.15) is 59.6 Å². The molecule has 0 radical (unpaired) electrons. The lowest BCUT2D eigenvalue weighted by Gasteiger charge is -2.40. The lowest BCUT2D eigenvalue weighted by atomic mass is 9.83. The lowest BCUT2D eigenvalue weighted by molar-refractivity contribution is -0.113. The molecule has 1 fully saturated rings. The summed E-state index contributed by atoms with van der Waals surface area (Å²) in [4.78, 5) is 2.56. The quantitative estimate of drug-likeness (QED) is 0.680. The fourth-order valence-electron chi connectivity index (χ4n) is 4.85. The normalized spacial score (nSPS) is 21.5. The molecule has 1 atom stereocenters. The van der Waals surface area contributed by atoms with E-state index in [-0.39, 0.29) is 18.4 Å². The summed E-state index contributed by atoms with van der Waals surface area (Å²) in [7, 11) is 0. The fourth-order valence-corrected chi connectivity index (χ4v) is 4.85. The molecule has 2 aliphatic heterocycles. The number of alkyl halides is 1. The van der Waals surface area contributed by atoms with Crippen LogP contribution in [0.4, 0.5) is 4.39 Å². The predicted molar refractivity (Wildman–Crippen MR) is 108 cm³/mol. The summed E-state index contributed by atoms with van der Waals surface area (Å²) in [5.74, 6) is 0. The van der Waals surface area contributed by atoms with Crippen molar-refractivity contribution in [3.63, 3.8) is 0 Å². The second kappa shape index (κ2) is 7.73. The number of likely N-dealkylation sites (tertiary alicyclic amines) is 1. The fraction of sp³-hybridized carbons (Fsp3) is 0.500. The molecule has 2 nitrogen and oxygen atoms in total. The molecular weight excluding hydrogens is 337 g/mol. The lowest BCUT2D eigenvalue weighted by Crippen LogP contribution is -2.42. The number of aryl methyl sites for hydroxylation is 2. The molecule has 1 unspecified atom stereocenters. The molecule has 0 saturated carbocycles. The summed E-state index contributed by atoms with van der Waals surface area (Å²) in [5, 5.41) is 0.